The molecule has 0 saturated carbocycles. The van der Waals surface area contributed by atoms with E-state index in [-0.39, 0.29) is 4.68 Å². The molecule has 202 valence electrons. The van der Waals surface area contributed by atoms with E-state index in [1.165, 1.54) is 18.2 Å². The van der Waals surface area contributed by atoms with Crippen molar-refractivity contribution in [2.75, 3.05) is 12.4 Å². The van der Waals surface area contributed by atoms with Crippen molar-refractivity contribution in [1.82, 2.24) is 14.5 Å². The summed E-state index contributed by atoms with van der Waals surface area (Å²) in [5.41, 5.74) is 5.72. The molecule has 2 aromatic carbocycles. The van der Waals surface area contributed by atoms with Crippen molar-refractivity contribution < 1.29 is 26.9 Å². The van der Waals surface area contributed by atoms with Gasteiger partial charge < -0.3 is 10.1 Å². The molecule has 1 aromatic heterocycles. The lowest BCUT2D eigenvalue weighted by Gasteiger charge is -2.18. The van der Waals surface area contributed by atoms with Crippen molar-refractivity contribution in [2.45, 2.75) is 63.1 Å². The number of rotatable bonds is 7. The van der Waals surface area contributed by atoms with Crippen LogP contribution >= 0.6 is 0 Å². The molecule has 2 N–H and O–H groups in total. The van der Waals surface area contributed by atoms with Crippen LogP contribution in [-0.4, -0.2) is 27.1 Å². The topological polar surface area (TPSA) is 97.6 Å². The van der Waals surface area contributed by atoms with Gasteiger partial charge in [-0.15, -0.1) is 4.36 Å². The summed E-state index contributed by atoms with van der Waals surface area (Å²) in [7, 11) is -2.62. The molecular formula is C26H28F3N5O3S. The zero-order valence-corrected chi connectivity index (χ0v) is 21.8. The van der Waals surface area contributed by atoms with Crippen molar-refractivity contribution >= 4 is 21.6 Å². The van der Waals surface area contributed by atoms with Crippen molar-refractivity contribution in [1.29, 1.82) is 0 Å². The predicted molar refractivity (Wildman–Crippen MR) is 136 cm³/mol. The molecule has 2 amide bonds. The first kappa shape index (κ1) is 26.2. The molecule has 2 aliphatic carbocycles. The van der Waals surface area contributed by atoms with Crippen molar-refractivity contribution in [3.8, 4) is 5.75 Å². The van der Waals surface area contributed by atoms with E-state index in [1.54, 1.807) is 31.2 Å². The third kappa shape index (κ3) is 5.02. The number of aryl methyl sites for hydroxylation is 2. The van der Waals surface area contributed by atoms with Crippen LogP contribution in [0.5, 0.6) is 5.75 Å². The van der Waals surface area contributed by atoms with E-state index in [0.717, 1.165) is 49.7 Å². The lowest BCUT2D eigenvalue weighted by Crippen LogP contribution is -2.29. The second-order valence-corrected chi connectivity index (χ2v) is 11.3. The molecular weight excluding hydrogens is 519 g/mol. The third-order valence-electron chi connectivity index (χ3n) is 6.99. The van der Waals surface area contributed by atoms with Crippen LogP contribution in [0.3, 0.4) is 0 Å². The fourth-order valence-electron chi connectivity index (χ4n) is 5.18. The fourth-order valence-corrected chi connectivity index (χ4v) is 6.85. The van der Waals surface area contributed by atoms with E-state index < -0.39 is 39.4 Å². The van der Waals surface area contributed by atoms with Gasteiger partial charge in [0.15, 0.2) is 15.7 Å². The number of anilines is 1. The number of nitrogens with one attached hydrogen (secondary N) is 2. The Morgan fingerprint density at radius 1 is 1.11 bits per heavy atom. The van der Waals surface area contributed by atoms with Gasteiger partial charge >= 0.3 is 12.6 Å². The van der Waals surface area contributed by atoms with Gasteiger partial charge in [0, 0.05) is 11.7 Å². The molecule has 0 saturated heterocycles. The number of alkyl halides is 2. The van der Waals surface area contributed by atoms with Gasteiger partial charge in [-0.2, -0.15) is 13.9 Å². The van der Waals surface area contributed by atoms with Gasteiger partial charge in [-0.1, -0.05) is 18.2 Å². The number of amides is 2. The van der Waals surface area contributed by atoms with E-state index in [0.29, 0.717) is 23.2 Å². The number of aromatic nitrogens is 2. The van der Waals surface area contributed by atoms with E-state index in [9.17, 15) is 22.2 Å². The highest BCUT2D eigenvalue weighted by atomic mass is 32.2. The Hall–Kier alpha value is -3.38. The maximum absolute atomic E-state index is 14.8. The minimum absolute atomic E-state index is 0.0500. The van der Waals surface area contributed by atoms with Crippen LogP contribution in [-0.2, 0) is 35.6 Å². The molecule has 2 aliphatic rings. The van der Waals surface area contributed by atoms with E-state index in [2.05, 4.69) is 25.6 Å². The Balaban J connectivity index is 1.53. The highest BCUT2D eigenvalue weighted by Gasteiger charge is 2.29. The molecule has 0 bridgehead atoms. The van der Waals surface area contributed by atoms with Gasteiger partial charge in [-0.05, 0) is 85.4 Å². The number of hydrogen-bond donors (Lipinski definition) is 2. The first-order chi connectivity index (χ1) is 18.2. The van der Waals surface area contributed by atoms with E-state index in [1.807, 2.05) is 0 Å². The van der Waals surface area contributed by atoms with Crippen LogP contribution in [0.25, 0.3) is 0 Å². The molecule has 0 fully saturated rings. The summed E-state index contributed by atoms with van der Waals surface area (Å²) < 4.78 is 67.1. The van der Waals surface area contributed by atoms with E-state index in [4.69, 9.17) is 4.74 Å². The molecule has 8 nitrogen and oxygen atoms in total. The quantitative estimate of drug-likeness (QED) is 0.395. The maximum atomic E-state index is 14.8. The minimum Gasteiger partial charge on any atom is -0.497 e. The zero-order chi connectivity index (χ0) is 27.0. The Bertz CT molecular complexity index is 1460. The number of hydrogen-bond acceptors (Lipinski definition) is 4. The number of nitrogens with zero attached hydrogens (tertiary/aromatic N) is 3. The highest BCUT2D eigenvalue weighted by molar-refractivity contribution is 7.92. The molecule has 0 spiro atoms. The van der Waals surface area contributed by atoms with Crippen molar-refractivity contribution in [2.24, 2.45) is 4.36 Å². The second-order valence-electron chi connectivity index (χ2n) is 9.43. The normalized spacial score (nSPS) is 16.6. The van der Waals surface area contributed by atoms with E-state index >= 15 is 0 Å². The number of fused-ring (bicyclic) bond motifs is 2. The van der Waals surface area contributed by atoms with Crippen LogP contribution in [0.2, 0.25) is 0 Å². The molecule has 0 aliphatic heterocycles. The number of halogens is 3. The first-order valence-corrected chi connectivity index (χ1v) is 13.9. The summed E-state index contributed by atoms with van der Waals surface area (Å²) in [5.74, 6) is -0.668. The largest absolute Gasteiger partial charge is 0.497 e. The SMILES string of the molecule is COc1ccc([C@H](C)NS(=O)(=NC(=O)Nc2c3c(cc4c2CCC4)CCC3)c2nn(C(F)F)cc2F)cc1. The summed E-state index contributed by atoms with van der Waals surface area (Å²) >= 11 is 0. The van der Waals surface area contributed by atoms with Crippen LogP contribution < -0.4 is 14.8 Å². The average Bonchev–Trinajstić information content (AvgIpc) is 3.63. The average molecular weight is 548 g/mol. The molecule has 1 heterocycles. The van der Waals surface area contributed by atoms with Crippen molar-refractivity contribution in [3.63, 3.8) is 0 Å². The summed E-state index contributed by atoms with van der Waals surface area (Å²) in [5, 5.41) is 5.43. The Morgan fingerprint density at radius 3 is 2.29 bits per heavy atom. The number of urea groups is 1. The molecule has 5 rings (SSSR count). The first-order valence-electron chi connectivity index (χ1n) is 12.4. The molecule has 1 unspecified atom stereocenters. The predicted octanol–water partition coefficient (Wildman–Crippen LogP) is 5.73. The van der Waals surface area contributed by atoms with Gasteiger partial charge in [0.25, 0.3) is 0 Å². The van der Waals surface area contributed by atoms with Gasteiger partial charge in [-0.25, -0.2) is 22.8 Å². The van der Waals surface area contributed by atoms with Crippen LogP contribution in [0.15, 0.2) is 45.9 Å². The molecule has 38 heavy (non-hydrogen) atoms. The molecule has 3 aromatic rings. The fraction of sp³-hybridized carbons (Fsp3) is 0.385. The minimum atomic E-state index is -4.13. The lowest BCUT2D eigenvalue weighted by atomic mass is 9.99. The number of carbonyl (C=O) groups is 1. The summed E-state index contributed by atoms with van der Waals surface area (Å²) in [6, 6.07) is 7.27. The molecule has 0 radical (unpaired) electrons. The highest BCUT2D eigenvalue weighted by Crippen LogP contribution is 2.38. The Morgan fingerprint density at radius 2 is 1.74 bits per heavy atom. The van der Waals surface area contributed by atoms with Crippen LogP contribution in [0.4, 0.5) is 23.7 Å². The maximum Gasteiger partial charge on any atom is 0.354 e. The van der Waals surface area contributed by atoms with Gasteiger partial charge in [0.1, 0.15) is 5.75 Å². The monoisotopic (exact) mass is 547 g/mol. The summed E-state index contributed by atoms with van der Waals surface area (Å²) in [6.45, 7) is -1.53. The van der Waals surface area contributed by atoms with Gasteiger partial charge in [0.05, 0.1) is 13.3 Å². The smallest absolute Gasteiger partial charge is 0.354 e. The summed E-state index contributed by atoms with van der Waals surface area (Å²) in [4.78, 5) is 13.2. The number of ether oxygens (including phenoxy) is 1. The number of methoxy groups -OCH3 is 1. The number of carbonyl (C=O) groups excluding carboxylic acids is 1. The lowest BCUT2D eigenvalue weighted by molar-refractivity contribution is 0.0551. The van der Waals surface area contributed by atoms with Gasteiger partial charge in [-0.3, -0.25) is 0 Å². The second kappa shape index (κ2) is 10.4. The summed E-state index contributed by atoms with van der Waals surface area (Å²) in [6.07, 6.45) is 5.79. The number of benzene rings is 2. The van der Waals surface area contributed by atoms with Gasteiger partial charge in [0.2, 0.25) is 5.03 Å². The molecule has 2 atom stereocenters. The molecule has 12 heteroatoms. The standard InChI is InChI=1S/C26H28F3N5O3S/c1-15(16-9-11-19(37-2)12-10-16)32-38(36,24-22(27)14-34(31-24)25(28)29)33-26(35)30-23-20-7-3-5-17(20)13-18-6-4-8-21(18)23/h9-15,25H,3-8H2,1-2H3,(H2,30,32,33,35,36)/t15-,38?/m0/s1. The Labute approximate surface area is 218 Å². The zero-order valence-electron chi connectivity index (χ0n) is 21.0. The third-order valence-corrected chi connectivity index (χ3v) is 8.88. The van der Waals surface area contributed by atoms with Crippen LogP contribution in [0, 0.1) is 5.82 Å². The van der Waals surface area contributed by atoms with Crippen molar-refractivity contribution in [3.05, 3.63) is 70.2 Å². The Kier molecular flexibility index (Phi) is 7.19. The van der Waals surface area contributed by atoms with Crippen LogP contribution in [0.1, 0.15) is 60.2 Å².